The van der Waals surface area contributed by atoms with Crippen molar-refractivity contribution >= 4 is 34.6 Å². The van der Waals surface area contributed by atoms with Gasteiger partial charge in [0.1, 0.15) is 23.1 Å². The third-order valence-corrected chi connectivity index (χ3v) is 16.6. The molecule has 4 fully saturated rings. The summed E-state index contributed by atoms with van der Waals surface area (Å²) >= 11 is 0. The second-order valence-corrected chi connectivity index (χ2v) is 21.6. The van der Waals surface area contributed by atoms with Gasteiger partial charge in [0.25, 0.3) is 0 Å². The number of aryl methyl sites for hydroxylation is 2. The molecule has 2 atom stereocenters. The van der Waals surface area contributed by atoms with E-state index in [1.165, 1.54) is 12.1 Å². The lowest BCUT2D eigenvalue weighted by Gasteiger charge is -2.53. The molecule has 4 saturated heterocycles. The second kappa shape index (κ2) is 19.9. The van der Waals surface area contributed by atoms with Gasteiger partial charge in [-0.2, -0.15) is 0 Å². The Morgan fingerprint density at radius 3 is 1.36 bits per heavy atom. The molecule has 6 aliphatic rings. The molecular weight excluding hydrogens is 947 g/mol. The van der Waals surface area contributed by atoms with E-state index < -0.39 is 0 Å². The lowest BCUT2D eigenvalue weighted by atomic mass is 9.73. The van der Waals surface area contributed by atoms with Crippen molar-refractivity contribution in [2.75, 3.05) is 100 Å². The van der Waals surface area contributed by atoms with Gasteiger partial charge in [-0.05, 0) is 86.8 Å². The number of ether oxygens (including phenoxy) is 4. The Labute approximate surface area is 429 Å². The van der Waals surface area contributed by atoms with Gasteiger partial charge in [-0.3, -0.25) is 9.97 Å². The SMILES string of the molecule is COc1cc(N2CC3(CCOCC3)C2)c(F)cc1Nc1nccc(-c2cnc3c(c2)C(C)(CO)CC3)n1.COc1cc(N2CC3(CCOCC3)C2)c(F)cc1Nc1nccc(-c2cnc3c(c2)C(C)(CO)CC3)n1. The van der Waals surface area contributed by atoms with Crippen LogP contribution in [-0.2, 0) is 33.1 Å². The molecule has 4 N–H and O–H groups in total. The molecule has 0 amide bonds. The number of hydrogen-bond acceptors (Lipinski definition) is 16. The van der Waals surface area contributed by atoms with Crippen molar-refractivity contribution in [2.45, 2.75) is 76.0 Å². The van der Waals surface area contributed by atoms with Crippen molar-refractivity contribution in [1.29, 1.82) is 0 Å². The monoisotopic (exact) mass is 1010 g/mol. The molecule has 6 aromatic rings. The average molecular weight is 1010 g/mol. The summed E-state index contributed by atoms with van der Waals surface area (Å²) in [6.45, 7) is 10.7. The first-order chi connectivity index (χ1) is 35.8. The van der Waals surface area contributed by atoms with E-state index in [0.29, 0.717) is 57.5 Å². The molecule has 388 valence electrons. The Kier molecular flexibility index (Phi) is 13.4. The van der Waals surface area contributed by atoms with Crippen LogP contribution in [0.1, 0.15) is 74.9 Å². The van der Waals surface area contributed by atoms with Crippen molar-refractivity contribution in [3.63, 3.8) is 0 Å². The molecule has 12 rings (SSSR count). The maximum absolute atomic E-state index is 15.2. The minimum atomic E-state index is -0.313. The summed E-state index contributed by atoms with van der Waals surface area (Å²) in [6.07, 6.45) is 14.5. The largest absolute Gasteiger partial charge is 0.494 e. The number of aliphatic hydroxyl groups is 2. The number of aromatic nitrogens is 6. The number of halogens is 2. The van der Waals surface area contributed by atoms with Gasteiger partial charge in [-0.15, -0.1) is 0 Å². The highest BCUT2D eigenvalue weighted by molar-refractivity contribution is 5.72. The molecule has 0 saturated carbocycles. The van der Waals surface area contributed by atoms with Crippen LogP contribution in [0.2, 0.25) is 0 Å². The first-order valence-electron chi connectivity index (χ1n) is 25.7. The van der Waals surface area contributed by atoms with E-state index in [4.69, 9.17) is 18.9 Å². The van der Waals surface area contributed by atoms with Crippen LogP contribution in [0.3, 0.4) is 0 Å². The van der Waals surface area contributed by atoms with Gasteiger partial charge in [-0.1, -0.05) is 13.8 Å². The topological polar surface area (TPSA) is 185 Å². The fourth-order valence-electron chi connectivity index (χ4n) is 11.7. The average Bonchev–Trinajstić information content (AvgIpc) is 3.94. The Bertz CT molecular complexity index is 2840. The summed E-state index contributed by atoms with van der Waals surface area (Å²) in [6, 6.07) is 14.1. The zero-order chi connectivity index (χ0) is 51.2. The van der Waals surface area contributed by atoms with E-state index in [1.807, 2.05) is 12.1 Å². The first kappa shape index (κ1) is 49.6. The molecule has 2 aliphatic carbocycles. The number of rotatable bonds is 12. The highest BCUT2D eigenvalue weighted by Gasteiger charge is 2.46. The maximum atomic E-state index is 15.2. The zero-order valence-electron chi connectivity index (χ0n) is 42.5. The van der Waals surface area contributed by atoms with Crippen LogP contribution < -0.4 is 29.9 Å². The van der Waals surface area contributed by atoms with Gasteiger partial charge in [0, 0.05) is 146 Å². The Hall–Kier alpha value is -6.60. The Balaban J connectivity index is 0.000000159. The van der Waals surface area contributed by atoms with Gasteiger partial charge in [-0.25, -0.2) is 28.7 Å². The normalized spacial score (nSPS) is 22.0. The highest BCUT2D eigenvalue weighted by atomic mass is 19.1. The van der Waals surface area contributed by atoms with E-state index in [1.54, 1.807) is 51.1 Å². The number of anilines is 6. The molecule has 4 aliphatic heterocycles. The second-order valence-electron chi connectivity index (χ2n) is 21.6. The molecule has 74 heavy (non-hydrogen) atoms. The molecular formula is C56H64F2N10O6. The number of benzene rings is 2. The van der Waals surface area contributed by atoms with Crippen LogP contribution in [0.5, 0.6) is 11.5 Å². The minimum Gasteiger partial charge on any atom is -0.494 e. The third-order valence-electron chi connectivity index (χ3n) is 16.6. The smallest absolute Gasteiger partial charge is 0.227 e. The summed E-state index contributed by atoms with van der Waals surface area (Å²) in [5, 5.41) is 26.1. The first-order valence-corrected chi connectivity index (χ1v) is 25.7. The lowest BCUT2D eigenvalue weighted by Crippen LogP contribution is -2.58. The van der Waals surface area contributed by atoms with Gasteiger partial charge in [0.15, 0.2) is 0 Å². The van der Waals surface area contributed by atoms with Gasteiger partial charge >= 0.3 is 0 Å². The summed E-state index contributed by atoms with van der Waals surface area (Å²) in [4.78, 5) is 31.4. The number of methoxy groups -OCH3 is 2. The van der Waals surface area contributed by atoms with Crippen LogP contribution in [0.15, 0.2) is 73.3 Å². The fourth-order valence-corrected chi connectivity index (χ4v) is 11.7. The van der Waals surface area contributed by atoms with Crippen LogP contribution in [0, 0.1) is 22.5 Å². The zero-order valence-corrected chi connectivity index (χ0v) is 42.5. The highest BCUT2D eigenvalue weighted by Crippen LogP contribution is 2.47. The predicted molar refractivity (Wildman–Crippen MR) is 278 cm³/mol. The van der Waals surface area contributed by atoms with Crippen molar-refractivity contribution in [3.8, 4) is 34.0 Å². The van der Waals surface area contributed by atoms with Gasteiger partial charge in [0.2, 0.25) is 11.9 Å². The summed E-state index contributed by atoms with van der Waals surface area (Å²) < 4.78 is 52.7. The lowest BCUT2D eigenvalue weighted by molar-refractivity contribution is -0.000565. The summed E-state index contributed by atoms with van der Waals surface area (Å²) in [7, 11) is 3.15. The molecule has 16 nitrogen and oxygen atoms in total. The van der Waals surface area contributed by atoms with Crippen LogP contribution in [-0.4, -0.2) is 120 Å². The van der Waals surface area contributed by atoms with Crippen molar-refractivity contribution in [3.05, 3.63) is 107 Å². The van der Waals surface area contributed by atoms with E-state index in [2.05, 4.69) is 76.3 Å². The van der Waals surface area contributed by atoms with E-state index >= 15 is 8.78 Å². The molecule has 0 bridgehead atoms. The standard InChI is InChI=1S/2C28H32FN5O3/c2*1-27(17-35)5-3-22-19(27)11-18(14-31-22)21-4-8-30-26(32-21)33-23-12-20(29)24(13-25(23)36-2)34-15-28(16-34)6-9-37-10-7-28/h2*4,8,11-14,35H,3,5-7,9-10,15-17H2,1-2H3,(H,30,32,33). The number of fused-ring (bicyclic) bond motifs is 2. The number of nitrogens with zero attached hydrogens (tertiary/aromatic N) is 8. The van der Waals surface area contributed by atoms with Crippen LogP contribution >= 0.6 is 0 Å². The van der Waals surface area contributed by atoms with Crippen LogP contribution in [0.25, 0.3) is 22.5 Å². The summed E-state index contributed by atoms with van der Waals surface area (Å²) in [5.41, 5.74) is 9.17. The number of nitrogens with one attached hydrogen (secondary N) is 2. The van der Waals surface area contributed by atoms with Crippen molar-refractivity contribution in [2.24, 2.45) is 10.8 Å². The molecule has 2 spiro atoms. The van der Waals surface area contributed by atoms with Crippen molar-refractivity contribution in [1.82, 2.24) is 29.9 Å². The molecule has 0 radical (unpaired) electrons. The molecule has 18 heteroatoms. The van der Waals surface area contributed by atoms with Crippen molar-refractivity contribution < 1.29 is 37.9 Å². The molecule has 2 aromatic carbocycles. The van der Waals surface area contributed by atoms with Gasteiger partial charge < -0.3 is 49.6 Å². The van der Waals surface area contributed by atoms with E-state index in [0.717, 1.165) is 138 Å². The van der Waals surface area contributed by atoms with E-state index in [9.17, 15) is 10.2 Å². The third kappa shape index (κ3) is 9.45. The van der Waals surface area contributed by atoms with E-state index in [-0.39, 0.29) is 46.5 Å². The number of aliphatic hydroxyl groups excluding tert-OH is 2. The molecule has 2 unspecified atom stereocenters. The Morgan fingerprint density at radius 2 is 0.986 bits per heavy atom. The quantitative estimate of drug-likeness (QED) is 0.0914. The Morgan fingerprint density at radius 1 is 0.581 bits per heavy atom. The number of hydrogen-bond donors (Lipinski definition) is 4. The van der Waals surface area contributed by atoms with Gasteiger partial charge in [0.05, 0.1) is 61.6 Å². The maximum Gasteiger partial charge on any atom is 0.227 e. The number of pyridine rings is 2. The molecule has 4 aromatic heterocycles. The van der Waals surface area contributed by atoms with Crippen LogP contribution in [0.4, 0.5) is 43.4 Å². The predicted octanol–water partition coefficient (Wildman–Crippen LogP) is 8.49. The minimum absolute atomic E-state index is 0.0793. The summed E-state index contributed by atoms with van der Waals surface area (Å²) in [5.74, 6) is 1.09. The fraction of sp³-hybridized carbons (Fsp3) is 0.464. The molecule has 8 heterocycles.